The lowest BCUT2D eigenvalue weighted by Crippen LogP contribution is -2.48. The van der Waals surface area contributed by atoms with E-state index in [1.165, 1.54) is 30.6 Å². The number of likely N-dealkylation sites (tertiary alicyclic amines) is 1. The van der Waals surface area contributed by atoms with Gasteiger partial charge in [0.05, 0.1) is 28.0 Å². The number of carboxylic acid groups (broad SMARTS) is 1. The van der Waals surface area contributed by atoms with Gasteiger partial charge in [-0.3, -0.25) is 19.2 Å². The van der Waals surface area contributed by atoms with E-state index in [9.17, 15) is 14.7 Å². The van der Waals surface area contributed by atoms with Crippen molar-refractivity contribution in [3.05, 3.63) is 73.4 Å². The summed E-state index contributed by atoms with van der Waals surface area (Å²) in [6.07, 6.45) is 6.39. The molecule has 1 saturated heterocycles. The van der Waals surface area contributed by atoms with Gasteiger partial charge in [0.1, 0.15) is 18.2 Å². The van der Waals surface area contributed by atoms with Gasteiger partial charge in [-0.2, -0.15) is 0 Å². The van der Waals surface area contributed by atoms with Gasteiger partial charge in [-0.05, 0) is 83.7 Å². The second-order valence-corrected chi connectivity index (χ2v) is 12.8. The number of benzene rings is 1. The van der Waals surface area contributed by atoms with E-state index in [0.717, 1.165) is 52.9 Å². The molecule has 42 heavy (non-hydrogen) atoms. The molecule has 0 amide bonds. The molecule has 0 radical (unpaired) electrons. The molecule has 220 valence electrons. The Hall–Kier alpha value is -3.27. The summed E-state index contributed by atoms with van der Waals surface area (Å²) < 4.78 is 8.79. The molecule has 2 aliphatic rings. The smallest absolute Gasteiger partial charge is 0.338 e. The van der Waals surface area contributed by atoms with Crippen molar-refractivity contribution in [2.75, 3.05) is 13.2 Å². The number of pyridine rings is 1. The van der Waals surface area contributed by atoms with Crippen molar-refractivity contribution in [1.29, 1.82) is 0 Å². The fourth-order valence-corrected chi connectivity index (χ4v) is 7.78. The summed E-state index contributed by atoms with van der Waals surface area (Å²) >= 11 is 7.75. The first kappa shape index (κ1) is 28.8. The highest BCUT2D eigenvalue weighted by Crippen LogP contribution is 2.40. The molecule has 1 aliphatic carbocycles. The van der Waals surface area contributed by atoms with Crippen LogP contribution in [0.4, 0.5) is 0 Å². The van der Waals surface area contributed by atoms with Crippen LogP contribution < -0.4 is 10.3 Å². The molecule has 2 atom stereocenters. The highest BCUT2D eigenvalue weighted by molar-refractivity contribution is 7.18. The lowest BCUT2D eigenvalue weighted by atomic mass is 9.88. The number of aromatic nitrogens is 3. The minimum absolute atomic E-state index is 0.0399. The van der Waals surface area contributed by atoms with Crippen molar-refractivity contribution in [3.8, 4) is 16.9 Å². The van der Waals surface area contributed by atoms with Crippen LogP contribution in [0.15, 0.2) is 34.4 Å². The molecule has 1 aliphatic heterocycles. The van der Waals surface area contributed by atoms with E-state index in [0.29, 0.717) is 46.4 Å². The molecule has 0 unspecified atom stereocenters. The summed E-state index contributed by atoms with van der Waals surface area (Å²) in [5.41, 5.74) is 4.73. The maximum absolute atomic E-state index is 13.7. The Balaban J connectivity index is 1.25. The largest absolute Gasteiger partial charge is 0.491 e. The van der Waals surface area contributed by atoms with Crippen LogP contribution in [-0.4, -0.2) is 55.7 Å². The van der Waals surface area contributed by atoms with E-state index < -0.39 is 5.97 Å². The van der Waals surface area contributed by atoms with E-state index in [2.05, 4.69) is 16.8 Å². The number of halogens is 1. The van der Waals surface area contributed by atoms with Crippen LogP contribution in [0.1, 0.15) is 65.7 Å². The zero-order chi connectivity index (χ0) is 29.5. The summed E-state index contributed by atoms with van der Waals surface area (Å²) in [7, 11) is 0. The zero-order valence-electron chi connectivity index (χ0n) is 24.2. The Labute approximate surface area is 253 Å². The molecule has 0 saturated carbocycles. The number of fused-ring (bicyclic) bond motifs is 2. The Morgan fingerprint density at radius 2 is 2.00 bits per heavy atom. The second-order valence-electron chi connectivity index (χ2n) is 11.5. The lowest BCUT2D eigenvalue weighted by Gasteiger charge is -2.41. The van der Waals surface area contributed by atoms with Gasteiger partial charge < -0.3 is 9.84 Å². The topological polar surface area (TPSA) is 97.6 Å². The van der Waals surface area contributed by atoms with E-state index >= 15 is 0 Å². The number of nitrogens with zero attached hydrogens (tertiary/aromatic N) is 4. The quantitative estimate of drug-likeness (QED) is 0.264. The monoisotopic (exact) mass is 606 g/mol. The lowest BCUT2D eigenvalue weighted by molar-refractivity contribution is 0.0699. The van der Waals surface area contributed by atoms with Crippen LogP contribution >= 0.6 is 22.9 Å². The average Bonchev–Trinajstić information content (AvgIpc) is 3.39. The second kappa shape index (κ2) is 11.8. The van der Waals surface area contributed by atoms with Crippen LogP contribution in [-0.2, 0) is 19.4 Å². The number of carboxylic acids is 1. The maximum Gasteiger partial charge on any atom is 0.338 e. The standard InChI is InChI=1S/C32H35ClN4O4S/c1-18-14-24(30-29(34-18)26(17-42-30)32(39)40)23-15-21(33)7-10-28(23)41-13-12-37-20(3)35-27-9-8-22(16-25(27)31(37)38)36-11-5-4-6-19(36)2/h7,10,14-15,17,19,22H,4-6,8-9,11-13,16H2,1-3H3,(H,39,40)/t19-,22+/m0/s1. The summed E-state index contributed by atoms with van der Waals surface area (Å²) in [5.74, 6) is 0.297. The molecule has 10 heteroatoms. The number of thiophene rings is 1. The van der Waals surface area contributed by atoms with E-state index in [4.69, 9.17) is 21.3 Å². The predicted octanol–water partition coefficient (Wildman–Crippen LogP) is 6.30. The number of carbonyl (C=O) groups is 1. The molecular formula is C32H35ClN4O4S. The van der Waals surface area contributed by atoms with Gasteiger partial charge in [0.25, 0.3) is 5.56 Å². The first-order valence-electron chi connectivity index (χ1n) is 14.6. The number of ether oxygens (including phenoxy) is 1. The van der Waals surface area contributed by atoms with Crippen LogP contribution in [0.3, 0.4) is 0 Å². The third-order valence-corrected chi connectivity index (χ3v) is 9.94. The van der Waals surface area contributed by atoms with Gasteiger partial charge in [-0.25, -0.2) is 9.78 Å². The number of aryl methyl sites for hydroxylation is 3. The van der Waals surface area contributed by atoms with Gasteiger partial charge in [0.15, 0.2) is 0 Å². The molecule has 3 aromatic heterocycles. The Morgan fingerprint density at radius 1 is 1.17 bits per heavy atom. The van der Waals surface area contributed by atoms with E-state index in [1.54, 1.807) is 16.0 Å². The van der Waals surface area contributed by atoms with Crippen LogP contribution in [0.5, 0.6) is 5.75 Å². The van der Waals surface area contributed by atoms with Crippen molar-refractivity contribution in [1.82, 2.24) is 19.4 Å². The molecule has 1 N–H and O–H groups in total. The molecule has 4 heterocycles. The number of rotatable bonds is 7. The molecule has 0 spiro atoms. The fourth-order valence-electron chi connectivity index (χ4n) is 6.59. The van der Waals surface area contributed by atoms with Gasteiger partial charge in [-0.1, -0.05) is 18.0 Å². The highest BCUT2D eigenvalue weighted by atomic mass is 35.5. The van der Waals surface area contributed by atoms with Gasteiger partial charge in [0, 0.05) is 44.9 Å². The minimum atomic E-state index is -1.01. The van der Waals surface area contributed by atoms with Gasteiger partial charge >= 0.3 is 5.97 Å². The molecular weight excluding hydrogens is 572 g/mol. The van der Waals surface area contributed by atoms with Crippen LogP contribution in [0.25, 0.3) is 21.3 Å². The van der Waals surface area contributed by atoms with Crippen molar-refractivity contribution in [2.45, 2.75) is 77.9 Å². The Kier molecular flexibility index (Phi) is 8.09. The van der Waals surface area contributed by atoms with Gasteiger partial charge in [-0.15, -0.1) is 11.3 Å². The van der Waals surface area contributed by atoms with Crippen molar-refractivity contribution < 1.29 is 14.6 Å². The fraction of sp³-hybridized carbons (Fsp3) is 0.438. The summed E-state index contributed by atoms with van der Waals surface area (Å²) in [6.45, 7) is 7.78. The minimum Gasteiger partial charge on any atom is -0.491 e. The Morgan fingerprint density at radius 3 is 2.79 bits per heavy atom. The zero-order valence-corrected chi connectivity index (χ0v) is 25.7. The third-order valence-electron chi connectivity index (χ3n) is 8.70. The number of piperidine rings is 1. The maximum atomic E-state index is 13.7. The number of hydrogen-bond acceptors (Lipinski definition) is 7. The normalized spacial score (nSPS) is 19.1. The SMILES string of the molecule is Cc1cc(-c2cc(Cl)ccc2OCCn2c(C)nc3c(c2=O)C[C@H](N2CCCC[C@@H]2C)CC3)c2scc(C(=O)O)c2n1. The number of aromatic carboxylic acids is 1. The van der Waals surface area contributed by atoms with Crippen molar-refractivity contribution in [2.24, 2.45) is 0 Å². The summed E-state index contributed by atoms with van der Waals surface area (Å²) in [4.78, 5) is 37.5. The third kappa shape index (κ3) is 5.45. The molecule has 4 aromatic rings. The van der Waals surface area contributed by atoms with Crippen molar-refractivity contribution in [3.63, 3.8) is 0 Å². The van der Waals surface area contributed by atoms with E-state index in [-0.39, 0.29) is 17.7 Å². The average molecular weight is 607 g/mol. The van der Waals surface area contributed by atoms with E-state index in [1.807, 2.05) is 32.0 Å². The highest BCUT2D eigenvalue weighted by Gasteiger charge is 2.31. The van der Waals surface area contributed by atoms with Crippen LogP contribution in [0.2, 0.25) is 5.02 Å². The molecule has 0 bridgehead atoms. The Bertz CT molecular complexity index is 1730. The molecule has 8 nitrogen and oxygen atoms in total. The first-order chi connectivity index (χ1) is 20.2. The predicted molar refractivity (Wildman–Crippen MR) is 166 cm³/mol. The van der Waals surface area contributed by atoms with Crippen LogP contribution in [0, 0.1) is 13.8 Å². The molecule has 6 rings (SSSR count). The number of hydrogen-bond donors (Lipinski definition) is 1. The van der Waals surface area contributed by atoms with Gasteiger partial charge in [0.2, 0.25) is 0 Å². The molecule has 1 aromatic carbocycles. The first-order valence-corrected chi connectivity index (χ1v) is 15.9. The molecule has 1 fully saturated rings. The summed E-state index contributed by atoms with van der Waals surface area (Å²) in [5, 5.41) is 11.8. The van der Waals surface area contributed by atoms with Crippen molar-refractivity contribution >= 4 is 39.1 Å². The summed E-state index contributed by atoms with van der Waals surface area (Å²) in [6, 6.07) is 8.28.